The summed E-state index contributed by atoms with van der Waals surface area (Å²) in [5.41, 5.74) is 7.58. The highest BCUT2D eigenvalue weighted by atomic mass is 16.1. The van der Waals surface area contributed by atoms with Crippen LogP contribution in [-0.2, 0) is 4.79 Å². The van der Waals surface area contributed by atoms with Gasteiger partial charge >= 0.3 is 0 Å². The van der Waals surface area contributed by atoms with E-state index in [4.69, 9.17) is 0 Å². The number of nitrogens with zero attached hydrogens (tertiary/aromatic N) is 2. The number of nitrogens with one attached hydrogen (secondary N) is 3. The van der Waals surface area contributed by atoms with Crippen LogP contribution in [0.1, 0.15) is 45.1 Å². The molecule has 3 aromatic heterocycles. The molecular formula is C28H29N5O. The van der Waals surface area contributed by atoms with Crippen molar-refractivity contribution in [1.82, 2.24) is 25.5 Å². The molecule has 0 atom stereocenters. The van der Waals surface area contributed by atoms with E-state index in [1.54, 1.807) is 6.20 Å². The highest BCUT2D eigenvalue weighted by molar-refractivity contribution is 5.97. The fourth-order valence-electron chi connectivity index (χ4n) is 4.73. The SMILES string of the molecule is C=C(C)/C=C(\C=C(/C)NC(=O)C1CCCC1)c1ccc2[nH]nc(-c3cc4cnccc4[nH]3)c2c1. The first-order chi connectivity index (χ1) is 16.5. The van der Waals surface area contributed by atoms with Gasteiger partial charge in [0.15, 0.2) is 0 Å². The smallest absolute Gasteiger partial charge is 0.227 e. The molecule has 3 heterocycles. The zero-order chi connectivity index (χ0) is 23.7. The lowest BCUT2D eigenvalue weighted by molar-refractivity contribution is -0.124. The first-order valence-electron chi connectivity index (χ1n) is 11.8. The van der Waals surface area contributed by atoms with Crippen LogP contribution < -0.4 is 5.32 Å². The Morgan fingerprint density at radius 3 is 2.71 bits per heavy atom. The number of allylic oxidation sites excluding steroid dienone is 5. The van der Waals surface area contributed by atoms with Crippen LogP contribution in [0, 0.1) is 5.92 Å². The molecule has 0 spiro atoms. The molecule has 6 nitrogen and oxygen atoms in total. The van der Waals surface area contributed by atoms with Gasteiger partial charge in [0.2, 0.25) is 5.91 Å². The standard InChI is InChI=1S/C28H29N5O/c1-17(2)12-21(13-18(3)30-28(34)19-6-4-5-7-19)20-8-9-25-23(14-20)27(33-32-25)26-15-22-16-29-11-10-24(22)31-26/h8-16,19,31H,1,4-7H2,2-3H3,(H,30,34)(H,32,33)/b18-13+,21-12+. The number of hydrogen-bond acceptors (Lipinski definition) is 3. The molecule has 1 aromatic carbocycles. The molecule has 0 radical (unpaired) electrons. The number of carbonyl (C=O) groups is 1. The zero-order valence-corrected chi connectivity index (χ0v) is 19.6. The Morgan fingerprint density at radius 2 is 1.94 bits per heavy atom. The van der Waals surface area contributed by atoms with Crippen LogP contribution in [0.5, 0.6) is 0 Å². The van der Waals surface area contributed by atoms with Gasteiger partial charge in [0, 0.05) is 40.3 Å². The Labute approximate surface area is 198 Å². The number of fused-ring (bicyclic) bond motifs is 2. The fourth-order valence-corrected chi connectivity index (χ4v) is 4.73. The molecule has 1 saturated carbocycles. The van der Waals surface area contributed by atoms with Crippen LogP contribution in [0.2, 0.25) is 0 Å². The van der Waals surface area contributed by atoms with Gasteiger partial charge in [-0.15, -0.1) is 0 Å². The molecule has 1 amide bonds. The van der Waals surface area contributed by atoms with Crippen molar-refractivity contribution in [2.45, 2.75) is 39.5 Å². The monoisotopic (exact) mass is 451 g/mol. The third-order valence-electron chi connectivity index (χ3n) is 6.39. The van der Waals surface area contributed by atoms with Crippen molar-refractivity contribution < 1.29 is 4.79 Å². The van der Waals surface area contributed by atoms with Crippen molar-refractivity contribution in [2.24, 2.45) is 5.92 Å². The molecule has 1 aliphatic rings. The van der Waals surface area contributed by atoms with Gasteiger partial charge in [0.1, 0.15) is 5.69 Å². The maximum atomic E-state index is 12.6. The minimum atomic E-state index is 0.127. The van der Waals surface area contributed by atoms with E-state index in [1.165, 1.54) is 0 Å². The normalized spacial score (nSPS) is 15.4. The number of carbonyl (C=O) groups excluding carboxylic acids is 1. The van der Waals surface area contributed by atoms with Crippen molar-refractivity contribution in [3.63, 3.8) is 0 Å². The van der Waals surface area contributed by atoms with E-state index in [9.17, 15) is 4.79 Å². The first-order valence-corrected chi connectivity index (χ1v) is 11.8. The predicted molar refractivity (Wildman–Crippen MR) is 138 cm³/mol. The summed E-state index contributed by atoms with van der Waals surface area (Å²) in [7, 11) is 0. The van der Waals surface area contributed by atoms with Crippen molar-refractivity contribution >= 4 is 33.3 Å². The van der Waals surface area contributed by atoms with Gasteiger partial charge in [-0.2, -0.15) is 5.10 Å². The highest BCUT2D eigenvalue weighted by Crippen LogP contribution is 2.31. The zero-order valence-electron chi connectivity index (χ0n) is 19.6. The molecule has 4 aromatic rings. The molecule has 0 unspecified atom stereocenters. The summed E-state index contributed by atoms with van der Waals surface area (Å²) in [5.74, 6) is 0.259. The molecule has 3 N–H and O–H groups in total. The summed E-state index contributed by atoms with van der Waals surface area (Å²) in [6.07, 6.45) is 11.9. The summed E-state index contributed by atoms with van der Waals surface area (Å²) in [5, 5.41) is 12.9. The second-order valence-corrected chi connectivity index (χ2v) is 9.22. The average Bonchev–Trinajstić information content (AvgIpc) is 3.56. The summed E-state index contributed by atoms with van der Waals surface area (Å²) in [6, 6.07) is 10.3. The van der Waals surface area contributed by atoms with E-state index in [1.807, 2.05) is 44.3 Å². The third-order valence-corrected chi connectivity index (χ3v) is 6.39. The number of H-pyrrole nitrogens is 2. The van der Waals surface area contributed by atoms with E-state index in [0.717, 1.165) is 81.3 Å². The summed E-state index contributed by atoms with van der Waals surface area (Å²) >= 11 is 0. The van der Waals surface area contributed by atoms with Gasteiger partial charge in [-0.3, -0.25) is 14.9 Å². The molecule has 0 saturated heterocycles. The van der Waals surface area contributed by atoms with Crippen molar-refractivity contribution in [3.05, 3.63) is 78.3 Å². The fraction of sp³-hybridized carbons (Fsp3) is 0.250. The Balaban J connectivity index is 1.50. The van der Waals surface area contributed by atoms with E-state index < -0.39 is 0 Å². The van der Waals surface area contributed by atoms with Gasteiger partial charge < -0.3 is 10.3 Å². The van der Waals surface area contributed by atoms with Gasteiger partial charge in [-0.25, -0.2) is 0 Å². The maximum Gasteiger partial charge on any atom is 0.227 e. The van der Waals surface area contributed by atoms with Crippen LogP contribution >= 0.6 is 0 Å². The Bertz CT molecular complexity index is 1410. The molecule has 1 fully saturated rings. The van der Waals surface area contributed by atoms with E-state index in [0.29, 0.717) is 0 Å². The predicted octanol–water partition coefficient (Wildman–Crippen LogP) is 6.28. The first kappa shape index (κ1) is 21.9. The van der Waals surface area contributed by atoms with Crippen molar-refractivity contribution in [1.29, 1.82) is 0 Å². The number of rotatable bonds is 6. The van der Waals surface area contributed by atoms with Crippen LogP contribution in [0.15, 0.2) is 72.7 Å². The van der Waals surface area contributed by atoms with Gasteiger partial charge in [-0.1, -0.05) is 37.1 Å². The quantitative estimate of drug-likeness (QED) is 0.302. The molecule has 0 bridgehead atoms. The number of amides is 1. The van der Waals surface area contributed by atoms with E-state index >= 15 is 0 Å². The van der Waals surface area contributed by atoms with Crippen LogP contribution in [0.3, 0.4) is 0 Å². The lowest BCUT2D eigenvalue weighted by atomic mass is 9.99. The van der Waals surface area contributed by atoms with E-state index in [-0.39, 0.29) is 11.8 Å². The highest BCUT2D eigenvalue weighted by Gasteiger charge is 2.22. The van der Waals surface area contributed by atoms with Crippen molar-refractivity contribution in [2.75, 3.05) is 0 Å². The number of aromatic amines is 2. The Morgan fingerprint density at radius 1 is 1.12 bits per heavy atom. The van der Waals surface area contributed by atoms with Crippen LogP contribution in [0.4, 0.5) is 0 Å². The minimum absolute atomic E-state index is 0.127. The lowest BCUT2D eigenvalue weighted by Gasteiger charge is -2.12. The molecule has 6 heteroatoms. The van der Waals surface area contributed by atoms with Gasteiger partial charge in [-0.05, 0) is 68.2 Å². The summed E-state index contributed by atoms with van der Waals surface area (Å²) < 4.78 is 0. The van der Waals surface area contributed by atoms with E-state index in [2.05, 4.69) is 50.3 Å². The maximum absolute atomic E-state index is 12.6. The van der Waals surface area contributed by atoms with Crippen LogP contribution in [-0.4, -0.2) is 26.1 Å². The van der Waals surface area contributed by atoms with Crippen molar-refractivity contribution in [3.8, 4) is 11.4 Å². The summed E-state index contributed by atoms with van der Waals surface area (Å²) in [6.45, 7) is 7.99. The number of benzene rings is 1. The largest absolute Gasteiger partial charge is 0.353 e. The number of pyridine rings is 1. The molecule has 34 heavy (non-hydrogen) atoms. The Hall–Kier alpha value is -3.93. The topological polar surface area (TPSA) is 86.5 Å². The molecule has 0 aliphatic heterocycles. The molecular weight excluding hydrogens is 422 g/mol. The Kier molecular flexibility index (Phi) is 5.88. The van der Waals surface area contributed by atoms with Gasteiger partial charge in [0.25, 0.3) is 0 Å². The second-order valence-electron chi connectivity index (χ2n) is 9.22. The molecule has 5 rings (SSSR count). The second kappa shape index (κ2) is 9.14. The summed E-state index contributed by atoms with van der Waals surface area (Å²) in [4.78, 5) is 20.3. The minimum Gasteiger partial charge on any atom is -0.353 e. The number of aromatic nitrogens is 4. The molecule has 172 valence electrons. The third kappa shape index (κ3) is 4.44. The van der Waals surface area contributed by atoms with Crippen LogP contribution in [0.25, 0.3) is 38.8 Å². The van der Waals surface area contributed by atoms with Gasteiger partial charge in [0.05, 0.1) is 11.2 Å². The lowest BCUT2D eigenvalue weighted by Crippen LogP contribution is -2.27. The molecule has 1 aliphatic carbocycles. The number of hydrogen-bond donors (Lipinski definition) is 3. The average molecular weight is 452 g/mol.